The lowest BCUT2D eigenvalue weighted by Gasteiger charge is -2.38. The van der Waals surface area contributed by atoms with Crippen molar-refractivity contribution < 1.29 is 28.4 Å². The van der Waals surface area contributed by atoms with Crippen molar-refractivity contribution in [1.82, 2.24) is 14.2 Å². The topological polar surface area (TPSA) is 131 Å². The molecule has 7 rings (SSSR count). The Morgan fingerprint density at radius 3 is 1.80 bits per heavy atom. The second kappa shape index (κ2) is 22.4. The molecule has 0 amide bonds. The van der Waals surface area contributed by atoms with E-state index in [1.807, 2.05) is 78.9 Å². The molecule has 1 aromatic heterocycles. The molecule has 1 fully saturated rings. The lowest BCUT2D eigenvalue weighted by molar-refractivity contribution is -0.0928. The molecule has 1 aliphatic rings. The molecule has 2 heterocycles. The fourth-order valence-electron chi connectivity index (χ4n) is 9.27. The number of allylic oxidation sites excluding steroid dienone is 2. The van der Waals surface area contributed by atoms with Gasteiger partial charge in [0.1, 0.15) is 47.5 Å². The van der Waals surface area contributed by atoms with Gasteiger partial charge in [0, 0.05) is 34.2 Å². The molecule has 4 atom stereocenters. The highest BCUT2D eigenvalue weighted by molar-refractivity contribution is 7.63. The number of ether oxygens (including phenoxy) is 4. The highest BCUT2D eigenvalue weighted by Crippen LogP contribution is 2.63. The van der Waals surface area contributed by atoms with Crippen molar-refractivity contribution >= 4 is 23.2 Å². The van der Waals surface area contributed by atoms with Crippen molar-refractivity contribution in [2.75, 3.05) is 32.7 Å². The number of aromatic nitrogens is 2. The summed E-state index contributed by atoms with van der Waals surface area (Å²) in [5.74, 6) is 1.53. The summed E-state index contributed by atoms with van der Waals surface area (Å²) in [6, 6.07) is 49.7. The number of benzene rings is 5. The standard InChI is InChI=1S/C53H63N4O7PSi/c1-38(2)57(39(3)4)65(59,34-16-17-35-66-51(40-18-10-7-11-19-40)41-20-12-8-13-21-41)64-47-36-50(56-33-32-49(54)55-52(56)58)63-48(47)37-62-53(42-22-14-9-15-23-42,43-24-28-45(60-5)29-25-43)44-26-30-46(61-6)31-27-44/h7-33,38-39,47-48,50-51,59H,34-37,66H2,1-6H3,(H-,54,55,58)/p+1/t47-,48+,50+,65?/m0/s1. The molecule has 1 unspecified atom stereocenters. The zero-order chi connectivity index (χ0) is 46.7. The van der Waals surface area contributed by atoms with E-state index in [9.17, 15) is 9.69 Å². The van der Waals surface area contributed by atoms with Gasteiger partial charge >= 0.3 is 13.6 Å². The quantitative estimate of drug-likeness (QED) is 0.0312. The molecule has 0 aliphatic carbocycles. The third-order valence-corrected chi connectivity index (χ3v) is 17.4. The summed E-state index contributed by atoms with van der Waals surface area (Å²) in [6.45, 7) is 8.36. The van der Waals surface area contributed by atoms with Crippen LogP contribution in [0.2, 0.25) is 6.04 Å². The maximum atomic E-state index is 13.4. The minimum atomic E-state index is -3.38. The number of anilines is 1. The van der Waals surface area contributed by atoms with Crippen molar-refractivity contribution in [3.8, 4) is 11.5 Å². The fourth-order valence-corrected chi connectivity index (χ4v) is 14.2. The third-order valence-electron chi connectivity index (χ3n) is 12.2. The van der Waals surface area contributed by atoms with Gasteiger partial charge in [-0.05, 0) is 104 Å². The smallest absolute Gasteiger partial charge is 0.351 e. The van der Waals surface area contributed by atoms with Gasteiger partial charge < -0.3 is 24.7 Å². The number of rotatable bonds is 21. The Hall–Kier alpha value is -5.43. The summed E-state index contributed by atoms with van der Waals surface area (Å²) in [5.41, 5.74) is 9.87. The third kappa shape index (κ3) is 11.2. The van der Waals surface area contributed by atoms with Crippen LogP contribution in [0, 0.1) is 0 Å². The van der Waals surface area contributed by atoms with Crippen molar-refractivity contribution in [1.29, 1.82) is 0 Å². The molecule has 0 spiro atoms. The van der Waals surface area contributed by atoms with Crippen molar-refractivity contribution in [3.05, 3.63) is 202 Å². The summed E-state index contributed by atoms with van der Waals surface area (Å²) in [6.07, 6.45) is 4.29. The Morgan fingerprint density at radius 2 is 1.30 bits per heavy atom. The Morgan fingerprint density at radius 1 is 0.788 bits per heavy atom. The van der Waals surface area contributed by atoms with Crippen LogP contribution in [0.5, 0.6) is 11.5 Å². The SMILES string of the molecule is COc1ccc(C(OC[C@H]2O[C@@H](n3ccc(N)nc3=O)C[C@@H]2O[P+](O)(CC=CC[SiH2]C(c2ccccc2)c2ccccc2)N(C(C)C)C(C)C)(c2ccccc2)c2ccc(OC)cc2)cc1. The first-order valence-electron chi connectivity index (χ1n) is 22.8. The zero-order valence-electron chi connectivity index (χ0n) is 38.9. The van der Waals surface area contributed by atoms with E-state index in [0.717, 1.165) is 22.7 Å². The van der Waals surface area contributed by atoms with Crippen molar-refractivity contribution in [2.45, 2.75) is 81.8 Å². The molecular formula is C53H64N4O7PSi+. The molecule has 5 aromatic carbocycles. The van der Waals surface area contributed by atoms with E-state index < -0.39 is 47.1 Å². The molecule has 1 saturated heterocycles. The van der Waals surface area contributed by atoms with E-state index in [0.29, 0.717) is 23.2 Å². The normalized spacial score (nSPS) is 17.7. The second-order valence-corrected chi connectivity index (χ2v) is 21.5. The van der Waals surface area contributed by atoms with Crippen LogP contribution in [-0.2, 0) is 19.6 Å². The van der Waals surface area contributed by atoms with Crippen LogP contribution in [-0.4, -0.2) is 79.9 Å². The predicted octanol–water partition coefficient (Wildman–Crippen LogP) is 9.33. The molecule has 0 radical (unpaired) electrons. The van der Waals surface area contributed by atoms with Gasteiger partial charge in [0.05, 0.1) is 20.8 Å². The van der Waals surface area contributed by atoms with Crippen LogP contribution in [0.15, 0.2) is 169 Å². The van der Waals surface area contributed by atoms with Gasteiger partial charge in [0.2, 0.25) is 0 Å². The van der Waals surface area contributed by atoms with Gasteiger partial charge in [0.15, 0.2) is 0 Å². The summed E-state index contributed by atoms with van der Waals surface area (Å²) < 4.78 is 36.1. The molecule has 346 valence electrons. The molecule has 6 aromatic rings. The average Bonchev–Trinajstić information content (AvgIpc) is 3.72. The van der Waals surface area contributed by atoms with Gasteiger partial charge in [-0.2, -0.15) is 9.51 Å². The summed E-state index contributed by atoms with van der Waals surface area (Å²) >= 11 is 0. The molecule has 0 bridgehead atoms. The van der Waals surface area contributed by atoms with Crippen molar-refractivity contribution in [2.24, 2.45) is 0 Å². The van der Waals surface area contributed by atoms with Crippen LogP contribution >= 0.6 is 7.87 Å². The van der Waals surface area contributed by atoms with Crippen LogP contribution < -0.4 is 20.9 Å². The number of nitrogens with two attached hydrogens (primary N) is 1. The van der Waals surface area contributed by atoms with Gasteiger partial charge in [-0.15, -0.1) is 4.67 Å². The first-order chi connectivity index (χ1) is 31.9. The van der Waals surface area contributed by atoms with Gasteiger partial charge in [-0.3, -0.25) is 4.57 Å². The molecular weight excluding hydrogens is 864 g/mol. The second-order valence-electron chi connectivity index (χ2n) is 17.2. The fraction of sp³-hybridized carbons (Fsp3) is 0.321. The zero-order valence-corrected chi connectivity index (χ0v) is 41.2. The lowest BCUT2D eigenvalue weighted by atomic mass is 9.80. The number of methoxy groups -OCH3 is 2. The maximum absolute atomic E-state index is 13.4. The highest BCUT2D eigenvalue weighted by Gasteiger charge is 2.54. The largest absolute Gasteiger partial charge is 0.497 e. The minimum absolute atomic E-state index is 0.0242. The van der Waals surface area contributed by atoms with Gasteiger partial charge in [0.25, 0.3) is 0 Å². The molecule has 11 nitrogen and oxygen atoms in total. The summed E-state index contributed by atoms with van der Waals surface area (Å²) in [7, 11) is -0.754. The van der Waals surface area contributed by atoms with Gasteiger partial charge in [-0.25, -0.2) is 9.69 Å². The van der Waals surface area contributed by atoms with Gasteiger partial charge in [-0.1, -0.05) is 121 Å². The van der Waals surface area contributed by atoms with Crippen molar-refractivity contribution in [3.63, 3.8) is 0 Å². The Bertz CT molecular complexity index is 2420. The first-order valence-corrected chi connectivity index (χ1v) is 26.4. The molecule has 1 aliphatic heterocycles. The minimum Gasteiger partial charge on any atom is -0.497 e. The van der Waals surface area contributed by atoms with E-state index in [1.54, 1.807) is 26.5 Å². The van der Waals surface area contributed by atoms with E-state index >= 15 is 0 Å². The van der Waals surface area contributed by atoms with E-state index in [-0.39, 0.29) is 30.9 Å². The molecule has 13 heteroatoms. The summed E-state index contributed by atoms with van der Waals surface area (Å²) in [5, 5.41) is 0. The first kappa shape index (κ1) is 48.5. The predicted molar refractivity (Wildman–Crippen MR) is 268 cm³/mol. The lowest BCUT2D eigenvalue weighted by Crippen LogP contribution is -2.42. The van der Waals surface area contributed by atoms with Crippen LogP contribution in [0.25, 0.3) is 0 Å². The number of hydrogen-bond acceptors (Lipinski definition) is 10. The van der Waals surface area contributed by atoms with Crippen LogP contribution in [0.1, 0.15) is 73.7 Å². The summed E-state index contributed by atoms with van der Waals surface area (Å²) in [4.78, 5) is 30.5. The average molecular weight is 928 g/mol. The Balaban J connectivity index is 1.24. The van der Waals surface area contributed by atoms with E-state index in [4.69, 9.17) is 29.2 Å². The Kier molecular flexibility index (Phi) is 16.4. The number of hydrogen-bond donors (Lipinski definition) is 2. The monoisotopic (exact) mass is 927 g/mol. The molecule has 66 heavy (non-hydrogen) atoms. The van der Waals surface area contributed by atoms with E-state index in [2.05, 4.69) is 110 Å². The van der Waals surface area contributed by atoms with Crippen LogP contribution in [0.3, 0.4) is 0 Å². The number of nitrogen functional groups attached to an aromatic ring is 1. The molecule has 0 saturated carbocycles. The maximum Gasteiger partial charge on any atom is 0.351 e. The van der Waals surface area contributed by atoms with Crippen LogP contribution in [0.4, 0.5) is 5.82 Å². The molecule has 3 N–H and O–H groups in total. The number of nitrogens with zero attached hydrogens (tertiary/aromatic N) is 3. The highest BCUT2D eigenvalue weighted by atomic mass is 31.2. The van der Waals surface area contributed by atoms with E-state index in [1.165, 1.54) is 15.7 Å². The Labute approximate surface area is 392 Å².